The summed E-state index contributed by atoms with van der Waals surface area (Å²) in [5.41, 5.74) is 1.04. The van der Waals surface area contributed by atoms with Gasteiger partial charge in [0.1, 0.15) is 10.6 Å². The third kappa shape index (κ3) is 3.86. The molecule has 2 heterocycles. The Bertz CT molecular complexity index is 771. The molecule has 0 saturated heterocycles. The summed E-state index contributed by atoms with van der Waals surface area (Å²) in [5.74, 6) is 1.68. The molecule has 4 nitrogen and oxygen atoms in total. The van der Waals surface area contributed by atoms with Crippen LogP contribution in [0.1, 0.15) is 18.2 Å². The highest BCUT2D eigenvalue weighted by atomic mass is 32.1. The van der Waals surface area contributed by atoms with Crippen molar-refractivity contribution in [3.05, 3.63) is 41.3 Å². The van der Waals surface area contributed by atoms with Crippen LogP contribution in [0.2, 0.25) is 0 Å². The monoisotopic (exact) mass is 327 g/mol. The van der Waals surface area contributed by atoms with Crippen molar-refractivity contribution >= 4 is 27.4 Å². The maximum atomic E-state index is 5.39. The van der Waals surface area contributed by atoms with E-state index in [4.69, 9.17) is 14.7 Å². The Morgan fingerprint density at radius 3 is 2.78 bits per heavy atom. The van der Waals surface area contributed by atoms with E-state index in [1.165, 1.54) is 4.88 Å². The lowest BCUT2D eigenvalue weighted by atomic mass is 10.2. The first-order chi connectivity index (χ1) is 11.3. The summed E-state index contributed by atoms with van der Waals surface area (Å²) in [6.07, 6.45) is 0.961. The van der Waals surface area contributed by atoms with Crippen LogP contribution in [0.4, 0.5) is 5.82 Å². The summed E-state index contributed by atoms with van der Waals surface area (Å²) >= 11 is 1.71. The zero-order chi connectivity index (χ0) is 16.1. The number of rotatable bonds is 7. The molecular formula is C18H21N3OS. The van der Waals surface area contributed by atoms with Gasteiger partial charge in [0.05, 0.1) is 5.39 Å². The van der Waals surface area contributed by atoms with Crippen molar-refractivity contribution in [2.75, 3.05) is 25.1 Å². The summed E-state index contributed by atoms with van der Waals surface area (Å²) in [4.78, 5) is 11.8. The molecule has 0 atom stereocenters. The molecule has 5 heteroatoms. The number of aryl methyl sites for hydroxylation is 1. The van der Waals surface area contributed by atoms with Gasteiger partial charge in [-0.25, -0.2) is 9.97 Å². The third-order valence-electron chi connectivity index (χ3n) is 3.51. The van der Waals surface area contributed by atoms with Gasteiger partial charge in [0.2, 0.25) is 0 Å². The predicted octanol–water partition coefficient (Wildman–Crippen LogP) is 4.51. The average molecular weight is 327 g/mol. The van der Waals surface area contributed by atoms with E-state index < -0.39 is 0 Å². The first kappa shape index (κ1) is 15.9. The highest BCUT2D eigenvalue weighted by Crippen LogP contribution is 2.30. The molecule has 1 aromatic carbocycles. The van der Waals surface area contributed by atoms with Gasteiger partial charge in [-0.2, -0.15) is 0 Å². The zero-order valence-corrected chi connectivity index (χ0v) is 14.3. The van der Waals surface area contributed by atoms with Crippen LogP contribution in [0.5, 0.6) is 0 Å². The highest BCUT2D eigenvalue weighted by Gasteiger charge is 2.11. The molecule has 0 unspecified atom stereocenters. The lowest BCUT2D eigenvalue weighted by Crippen LogP contribution is -2.08. The minimum atomic E-state index is 0.764. The van der Waals surface area contributed by atoms with E-state index in [1.54, 1.807) is 11.3 Å². The summed E-state index contributed by atoms with van der Waals surface area (Å²) < 4.78 is 5.39. The Kier molecular flexibility index (Phi) is 5.20. The van der Waals surface area contributed by atoms with Crippen molar-refractivity contribution in [3.8, 4) is 11.4 Å². The molecule has 0 aliphatic rings. The highest BCUT2D eigenvalue weighted by molar-refractivity contribution is 7.18. The fourth-order valence-electron chi connectivity index (χ4n) is 2.42. The first-order valence-electron chi connectivity index (χ1n) is 7.93. The third-order valence-corrected chi connectivity index (χ3v) is 4.45. The summed E-state index contributed by atoms with van der Waals surface area (Å²) in [7, 11) is 0. The second-order valence-electron chi connectivity index (χ2n) is 5.31. The van der Waals surface area contributed by atoms with E-state index in [-0.39, 0.29) is 0 Å². The molecule has 2 aromatic heterocycles. The minimum absolute atomic E-state index is 0.764. The van der Waals surface area contributed by atoms with Crippen LogP contribution in [-0.2, 0) is 4.74 Å². The van der Waals surface area contributed by atoms with Crippen molar-refractivity contribution in [1.82, 2.24) is 9.97 Å². The van der Waals surface area contributed by atoms with Gasteiger partial charge >= 0.3 is 0 Å². The fraction of sp³-hybridized carbons (Fsp3) is 0.333. The molecule has 0 bridgehead atoms. The smallest absolute Gasteiger partial charge is 0.163 e. The molecule has 120 valence electrons. The van der Waals surface area contributed by atoms with Gasteiger partial charge in [0.15, 0.2) is 5.82 Å². The lowest BCUT2D eigenvalue weighted by Gasteiger charge is -2.09. The van der Waals surface area contributed by atoms with E-state index in [0.717, 1.165) is 53.6 Å². The molecule has 23 heavy (non-hydrogen) atoms. The number of hydrogen-bond acceptors (Lipinski definition) is 5. The van der Waals surface area contributed by atoms with Gasteiger partial charge in [0.25, 0.3) is 0 Å². The van der Waals surface area contributed by atoms with Gasteiger partial charge in [0, 0.05) is 30.2 Å². The average Bonchev–Trinajstić information content (AvgIpc) is 2.95. The van der Waals surface area contributed by atoms with Crippen LogP contribution in [0, 0.1) is 6.92 Å². The molecular weight excluding hydrogens is 306 g/mol. The topological polar surface area (TPSA) is 47.0 Å². The Labute approximate surface area is 140 Å². The molecule has 0 aliphatic carbocycles. The lowest BCUT2D eigenvalue weighted by molar-refractivity contribution is 0.147. The predicted molar refractivity (Wildman–Crippen MR) is 97.2 cm³/mol. The number of nitrogens with zero attached hydrogens (tertiary/aromatic N) is 2. The largest absolute Gasteiger partial charge is 0.382 e. The van der Waals surface area contributed by atoms with Crippen molar-refractivity contribution < 1.29 is 4.74 Å². The van der Waals surface area contributed by atoms with Crippen LogP contribution in [0.25, 0.3) is 21.6 Å². The minimum Gasteiger partial charge on any atom is -0.382 e. The van der Waals surface area contributed by atoms with E-state index in [9.17, 15) is 0 Å². The molecule has 1 N–H and O–H groups in total. The summed E-state index contributed by atoms with van der Waals surface area (Å²) in [5, 5.41) is 4.55. The molecule has 3 rings (SSSR count). The Hall–Kier alpha value is -1.98. The Morgan fingerprint density at radius 1 is 1.17 bits per heavy atom. The van der Waals surface area contributed by atoms with Crippen LogP contribution in [0.15, 0.2) is 36.4 Å². The fourth-order valence-corrected chi connectivity index (χ4v) is 3.30. The second-order valence-corrected chi connectivity index (χ2v) is 6.55. The van der Waals surface area contributed by atoms with E-state index in [1.807, 2.05) is 37.3 Å². The maximum absolute atomic E-state index is 5.39. The number of hydrogen-bond donors (Lipinski definition) is 1. The van der Waals surface area contributed by atoms with Crippen LogP contribution in [0.3, 0.4) is 0 Å². The molecule has 0 aliphatic heterocycles. The van der Waals surface area contributed by atoms with Crippen molar-refractivity contribution in [2.24, 2.45) is 0 Å². The SMILES string of the molecule is CCOCCCNc1nc(-c2ccccc2)nc2sc(C)cc12. The summed E-state index contributed by atoms with van der Waals surface area (Å²) in [6, 6.07) is 12.3. The van der Waals surface area contributed by atoms with Crippen LogP contribution in [-0.4, -0.2) is 29.7 Å². The molecule has 0 saturated carbocycles. The number of thiophene rings is 1. The maximum Gasteiger partial charge on any atom is 0.163 e. The van der Waals surface area contributed by atoms with Gasteiger partial charge < -0.3 is 10.1 Å². The molecule has 0 radical (unpaired) electrons. The zero-order valence-electron chi connectivity index (χ0n) is 13.5. The molecule has 0 spiro atoms. The Morgan fingerprint density at radius 2 is 2.00 bits per heavy atom. The van der Waals surface area contributed by atoms with Crippen molar-refractivity contribution in [2.45, 2.75) is 20.3 Å². The van der Waals surface area contributed by atoms with Gasteiger partial charge in [-0.05, 0) is 26.3 Å². The molecule has 0 fully saturated rings. The molecule has 0 amide bonds. The van der Waals surface area contributed by atoms with Crippen LogP contribution < -0.4 is 5.32 Å². The van der Waals surface area contributed by atoms with E-state index in [2.05, 4.69) is 18.3 Å². The van der Waals surface area contributed by atoms with Crippen LogP contribution >= 0.6 is 11.3 Å². The van der Waals surface area contributed by atoms with Crippen molar-refractivity contribution in [3.63, 3.8) is 0 Å². The van der Waals surface area contributed by atoms with Gasteiger partial charge in [-0.15, -0.1) is 11.3 Å². The number of ether oxygens (including phenoxy) is 1. The standard InChI is InChI=1S/C18H21N3OS/c1-3-22-11-7-10-19-17-15-12-13(2)23-18(15)21-16(20-17)14-8-5-4-6-9-14/h4-6,8-9,12H,3,7,10-11H2,1-2H3,(H,19,20,21). The number of benzene rings is 1. The van der Waals surface area contributed by atoms with E-state index in [0.29, 0.717) is 0 Å². The number of anilines is 1. The first-order valence-corrected chi connectivity index (χ1v) is 8.75. The van der Waals surface area contributed by atoms with Crippen molar-refractivity contribution in [1.29, 1.82) is 0 Å². The Balaban J connectivity index is 1.88. The second kappa shape index (κ2) is 7.53. The summed E-state index contributed by atoms with van der Waals surface area (Å²) in [6.45, 7) is 6.50. The quantitative estimate of drug-likeness (QED) is 0.649. The normalized spacial score (nSPS) is 11.0. The number of aromatic nitrogens is 2. The van der Waals surface area contributed by atoms with Gasteiger partial charge in [-0.1, -0.05) is 30.3 Å². The van der Waals surface area contributed by atoms with Gasteiger partial charge in [-0.3, -0.25) is 0 Å². The molecule has 3 aromatic rings. The number of fused-ring (bicyclic) bond motifs is 1. The van der Waals surface area contributed by atoms with E-state index >= 15 is 0 Å². The number of nitrogens with one attached hydrogen (secondary N) is 1.